The van der Waals surface area contributed by atoms with Crippen LogP contribution in [0.2, 0.25) is 0 Å². The molecule has 1 atom stereocenters. The van der Waals surface area contributed by atoms with E-state index in [1.54, 1.807) is 0 Å². The molecular weight excluding hydrogens is 421 g/mol. The van der Waals surface area contributed by atoms with Gasteiger partial charge in [0.05, 0.1) is 6.61 Å². The van der Waals surface area contributed by atoms with E-state index < -0.39 is 15.6 Å². The van der Waals surface area contributed by atoms with E-state index in [9.17, 15) is 9.46 Å². The van der Waals surface area contributed by atoms with Gasteiger partial charge in [0.25, 0.3) is 7.82 Å². The van der Waals surface area contributed by atoms with Gasteiger partial charge in [-0.25, -0.2) is 4.57 Å². The number of hydrogen-bond acceptors (Lipinski definition) is 4. The molecule has 0 aromatic carbocycles. The molecule has 0 radical (unpaired) electrons. The maximum atomic E-state index is 10.3. The fourth-order valence-electron chi connectivity index (χ4n) is 2.48. The smallest absolute Gasteiger partial charge is 0.756 e. The van der Waals surface area contributed by atoms with E-state index >= 15 is 0 Å². The van der Waals surface area contributed by atoms with Gasteiger partial charge in [0.15, 0.2) is 0 Å². The van der Waals surface area contributed by atoms with E-state index in [1.807, 2.05) is 0 Å². The number of phosphoric acid groups is 2. The Morgan fingerprint density at radius 3 is 1.19 bits per heavy atom. The molecular formula is C16H37KO8P2. The summed E-state index contributed by atoms with van der Waals surface area (Å²) in [5.41, 5.74) is 0. The van der Waals surface area contributed by atoms with Crippen LogP contribution in [0.25, 0.3) is 0 Å². The molecule has 0 saturated carbocycles. The summed E-state index contributed by atoms with van der Waals surface area (Å²) in [6, 6.07) is 0. The van der Waals surface area contributed by atoms with E-state index in [2.05, 4.69) is 11.4 Å². The molecule has 8 nitrogen and oxygen atoms in total. The van der Waals surface area contributed by atoms with Gasteiger partial charge in [-0.2, -0.15) is 0 Å². The predicted molar refractivity (Wildman–Crippen MR) is 100 cm³/mol. The van der Waals surface area contributed by atoms with Crippen molar-refractivity contribution in [2.75, 3.05) is 6.61 Å². The molecule has 0 aliphatic rings. The second-order valence-electron chi connectivity index (χ2n) is 6.41. The van der Waals surface area contributed by atoms with Gasteiger partial charge in [0.1, 0.15) is 0 Å². The number of rotatable bonds is 16. The fraction of sp³-hybridized carbons (Fsp3) is 1.00. The Morgan fingerprint density at radius 1 is 0.667 bits per heavy atom. The van der Waals surface area contributed by atoms with Crippen molar-refractivity contribution in [3.8, 4) is 0 Å². The Bertz CT molecular complexity index is 378. The maximum Gasteiger partial charge on any atom is 1.00 e. The van der Waals surface area contributed by atoms with Gasteiger partial charge in [0.2, 0.25) is 0 Å². The molecule has 0 aromatic rings. The molecule has 0 fully saturated rings. The van der Waals surface area contributed by atoms with Gasteiger partial charge < -0.3 is 29.0 Å². The van der Waals surface area contributed by atoms with Gasteiger partial charge in [0, 0.05) is 0 Å². The number of unbranched alkanes of at least 4 members (excludes halogenated alkanes) is 13. The van der Waals surface area contributed by atoms with E-state index in [-0.39, 0.29) is 58.0 Å². The third-order valence-electron chi connectivity index (χ3n) is 3.75. The minimum atomic E-state index is -4.64. The van der Waals surface area contributed by atoms with Crippen molar-refractivity contribution in [2.45, 2.75) is 96.8 Å². The van der Waals surface area contributed by atoms with Crippen molar-refractivity contribution < 1.29 is 89.5 Å². The summed E-state index contributed by atoms with van der Waals surface area (Å²) in [6.07, 6.45) is 17.6. The summed E-state index contributed by atoms with van der Waals surface area (Å²) in [5, 5.41) is 0. The van der Waals surface area contributed by atoms with Crippen LogP contribution in [0.4, 0.5) is 0 Å². The van der Waals surface area contributed by atoms with Crippen LogP contribution in [0.1, 0.15) is 96.8 Å². The summed E-state index contributed by atoms with van der Waals surface area (Å²) in [5.74, 6) is 0. The van der Waals surface area contributed by atoms with Gasteiger partial charge in [-0.15, -0.1) is 0 Å². The van der Waals surface area contributed by atoms with E-state index in [4.69, 9.17) is 24.1 Å². The standard InChI is InChI=1S/C16H35O4P.K.H3O4P/c1-2-3-4-5-6-7-8-9-10-11-12-13-14-15-16-20-21(17,18)19;;1-5(2,3)4/h2-16H2,1H3,(H2,17,18,19);;(H3,1,2,3,4)/q;+1;/p-1. The zero-order valence-electron chi connectivity index (χ0n) is 16.9. The molecule has 0 aliphatic carbocycles. The van der Waals surface area contributed by atoms with Gasteiger partial charge >= 0.3 is 59.2 Å². The van der Waals surface area contributed by atoms with Crippen LogP contribution >= 0.6 is 15.6 Å². The van der Waals surface area contributed by atoms with Crippen molar-refractivity contribution in [2.24, 2.45) is 0 Å². The first-order valence-corrected chi connectivity index (χ1v) is 12.6. The summed E-state index contributed by atoms with van der Waals surface area (Å²) >= 11 is 0. The summed E-state index contributed by atoms with van der Waals surface area (Å²) < 4.78 is 23.5. The quantitative estimate of drug-likeness (QED) is 0.152. The first kappa shape index (κ1) is 33.5. The first-order chi connectivity index (χ1) is 12.1. The Hall–Kier alpha value is 1.86. The minimum Gasteiger partial charge on any atom is -0.756 e. The number of phosphoric ester groups is 1. The summed E-state index contributed by atoms with van der Waals surface area (Å²) in [4.78, 5) is 40.3. The average Bonchev–Trinajstić information content (AvgIpc) is 2.48. The van der Waals surface area contributed by atoms with Crippen molar-refractivity contribution in [3.63, 3.8) is 0 Å². The molecule has 160 valence electrons. The van der Waals surface area contributed by atoms with Crippen LogP contribution < -0.4 is 56.3 Å². The van der Waals surface area contributed by atoms with Crippen LogP contribution in [0.3, 0.4) is 0 Å². The molecule has 4 N–H and O–H groups in total. The topological polar surface area (TPSA) is 147 Å². The van der Waals surface area contributed by atoms with Crippen molar-refractivity contribution in [3.05, 3.63) is 0 Å². The Labute approximate surface area is 206 Å². The second kappa shape index (κ2) is 22.5. The zero-order valence-corrected chi connectivity index (χ0v) is 21.8. The van der Waals surface area contributed by atoms with Crippen LogP contribution in [-0.2, 0) is 13.7 Å². The largest absolute Gasteiger partial charge is 1.00 e. The first-order valence-electron chi connectivity index (χ1n) is 9.53. The molecule has 11 heteroatoms. The van der Waals surface area contributed by atoms with Crippen molar-refractivity contribution >= 4 is 15.6 Å². The van der Waals surface area contributed by atoms with Crippen molar-refractivity contribution in [1.82, 2.24) is 0 Å². The second-order valence-corrected chi connectivity index (χ2v) is 8.63. The minimum absolute atomic E-state index is 0. The Balaban J connectivity index is -0.000000844. The van der Waals surface area contributed by atoms with Gasteiger partial charge in [-0.05, 0) is 6.42 Å². The molecule has 0 heterocycles. The molecule has 0 rings (SSSR count). The van der Waals surface area contributed by atoms with E-state index in [1.165, 1.54) is 70.6 Å². The fourth-order valence-corrected chi connectivity index (χ4v) is 2.84. The summed E-state index contributed by atoms with van der Waals surface area (Å²) in [6.45, 7) is 2.36. The maximum absolute atomic E-state index is 10.3. The normalized spacial score (nSPS) is 13.3. The average molecular weight is 459 g/mol. The molecule has 0 aromatic heterocycles. The Morgan fingerprint density at radius 2 is 0.926 bits per heavy atom. The number of hydrogen-bond donors (Lipinski definition) is 4. The SMILES string of the molecule is CCCCCCCCCCCCCCCCOP(=O)([O-])O.O=P(O)(O)O.[K+]. The van der Waals surface area contributed by atoms with Crippen molar-refractivity contribution in [1.29, 1.82) is 0 Å². The molecule has 0 spiro atoms. The van der Waals surface area contributed by atoms with Gasteiger partial charge in [-0.1, -0.05) is 90.4 Å². The molecule has 27 heavy (non-hydrogen) atoms. The Kier molecular flexibility index (Phi) is 28.0. The van der Waals surface area contributed by atoms with Crippen LogP contribution in [0.15, 0.2) is 0 Å². The molecule has 0 saturated heterocycles. The molecule has 1 unspecified atom stereocenters. The van der Waals surface area contributed by atoms with Crippen LogP contribution in [0.5, 0.6) is 0 Å². The monoisotopic (exact) mass is 458 g/mol. The summed E-state index contributed by atoms with van der Waals surface area (Å²) in [7, 11) is -9.14. The molecule has 0 aliphatic heterocycles. The predicted octanol–water partition coefficient (Wildman–Crippen LogP) is 1.02. The van der Waals surface area contributed by atoms with Crippen LogP contribution in [0, 0.1) is 0 Å². The molecule has 0 amide bonds. The van der Waals surface area contributed by atoms with Crippen LogP contribution in [-0.4, -0.2) is 26.2 Å². The third kappa shape index (κ3) is 47.2. The van der Waals surface area contributed by atoms with E-state index in [0.717, 1.165) is 12.8 Å². The third-order valence-corrected chi connectivity index (χ3v) is 4.26. The van der Waals surface area contributed by atoms with Gasteiger partial charge in [-0.3, -0.25) is 4.57 Å². The van der Waals surface area contributed by atoms with E-state index in [0.29, 0.717) is 6.42 Å². The molecule has 0 bridgehead atoms. The zero-order chi connectivity index (χ0) is 20.3.